The van der Waals surface area contributed by atoms with Crippen molar-refractivity contribution in [2.24, 2.45) is 0 Å². The van der Waals surface area contributed by atoms with E-state index in [4.69, 9.17) is 14.2 Å². The van der Waals surface area contributed by atoms with Crippen molar-refractivity contribution in [1.29, 1.82) is 0 Å². The monoisotopic (exact) mass is 609 g/mol. The lowest BCUT2D eigenvalue weighted by Crippen LogP contribution is -2.54. The third-order valence-electron chi connectivity index (χ3n) is 6.98. The van der Waals surface area contributed by atoms with Crippen LogP contribution < -0.4 is 23.8 Å². The second-order valence-corrected chi connectivity index (χ2v) is 12.7. The summed E-state index contributed by atoms with van der Waals surface area (Å²) in [5.74, 6) is 0.407. The Morgan fingerprint density at radius 1 is 0.930 bits per heavy atom. The van der Waals surface area contributed by atoms with Crippen LogP contribution in [-0.2, 0) is 32.6 Å². The topological polar surface area (TPSA) is 114 Å². The summed E-state index contributed by atoms with van der Waals surface area (Å²) in [5, 5.41) is 2.95. The minimum Gasteiger partial charge on any atom is -0.497 e. The van der Waals surface area contributed by atoms with Gasteiger partial charge in [-0.2, -0.15) is 0 Å². The van der Waals surface area contributed by atoms with Crippen molar-refractivity contribution in [1.82, 2.24) is 10.2 Å². The van der Waals surface area contributed by atoms with Crippen molar-refractivity contribution < 1.29 is 32.2 Å². The van der Waals surface area contributed by atoms with Gasteiger partial charge in [-0.05, 0) is 56.2 Å². The number of carbonyl (C=O) groups excluding carboxylic acids is 2. The molecule has 0 fully saturated rings. The van der Waals surface area contributed by atoms with Gasteiger partial charge in [-0.1, -0.05) is 42.5 Å². The van der Waals surface area contributed by atoms with Gasteiger partial charge in [0, 0.05) is 25.1 Å². The Hall–Kier alpha value is -4.25. The van der Waals surface area contributed by atoms with Crippen LogP contribution in [0.3, 0.4) is 0 Å². The standard InChI is InChI=1S/C32H39N3O7S/c1-5-43(38,39)35(26-14-15-29-30(20-26)42-17-16-41-29)22-31(36)34(21-25-12-9-13-27(18-25)40-4)28(32(37)33-23(2)3)19-24-10-7-6-8-11-24/h6-15,18,20,23,28H,5,16-17,19,21-22H2,1-4H3,(H,33,37). The molecule has 0 saturated carbocycles. The average Bonchev–Trinajstić information content (AvgIpc) is 3.01. The fourth-order valence-corrected chi connectivity index (χ4v) is 5.86. The molecule has 4 rings (SSSR count). The van der Waals surface area contributed by atoms with E-state index >= 15 is 0 Å². The summed E-state index contributed by atoms with van der Waals surface area (Å²) in [7, 11) is -2.35. The molecular formula is C32H39N3O7S. The van der Waals surface area contributed by atoms with Crippen LogP contribution in [0.15, 0.2) is 72.8 Å². The summed E-state index contributed by atoms with van der Waals surface area (Å²) in [4.78, 5) is 29.5. The van der Waals surface area contributed by atoms with Crippen LogP contribution in [0.25, 0.3) is 0 Å². The van der Waals surface area contributed by atoms with Crippen molar-refractivity contribution >= 4 is 27.5 Å². The minimum absolute atomic E-state index is 0.0558. The number of carbonyl (C=O) groups is 2. The van der Waals surface area contributed by atoms with Crippen molar-refractivity contribution in [3.8, 4) is 17.2 Å². The van der Waals surface area contributed by atoms with Gasteiger partial charge in [0.15, 0.2) is 11.5 Å². The number of methoxy groups -OCH3 is 1. The number of hydrogen-bond donors (Lipinski definition) is 1. The number of rotatable bonds is 13. The molecule has 0 aliphatic carbocycles. The predicted octanol–water partition coefficient (Wildman–Crippen LogP) is 3.79. The Bertz CT molecular complexity index is 1510. The van der Waals surface area contributed by atoms with E-state index in [1.807, 2.05) is 50.2 Å². The molecule has 1 heterocycles. The molecule has 1 N–H and O–H groups in total. The van der Waals surface area contributed by atoms with Crippen LogP contribution in [0.4, 0.5) is 5.69 Å². The van der Waals surface area contributed by atoms with Gasteiger partial charge >= 0.3 is 0 Å². The number of amides is 2. The second kappa shape index (κ2) is 14.3. The summed E-state index contributed by atoms with van der Waals surface area (Å²) in [6.45, 7) is 5.48. The molecule has 0 radical (unpaired) electrons. The third kappa shape index (κ3) is 8.19. The molecule has 2 amide bonds. The zero-order valence-corrected chi connectivity index (χ0v) is 25.8. The van der Waals surface area contributed by atoms with Crippen LogP contribution in [0.2, 0.25) is 0 Å². The van der Waals surface area contributed by atoms with Crippen molar-refractivity contribution in [3.63, 3.8) is 0 Å². The van der Waals surface area contributed by atoms with E-state index in [-0.39, 0.29) is 36.4 Å². The summed E-state index contributed by atoms with van der Waals surface area (Å²) in [6, 6.07) is 20.3. The number of hydrogen-bond acceptors (Lipinski definition) is 7. The SMILES string of the molecule is CCS(=O)(=O)N(CC(=O)N(Cc1cccc(OC)c1)C(Cc1ccccc1)C(=O)NC(C)C)c1ccc2c(c1)OCCO2. The van der Waals surface area contributed by atoms with Gasteiger partial charge < -0.3 is 24.4 Å². The van der Waals surface area contributed by atoms with Gasteiger partial charge in [0.25, 0.3) is 0 Å². The van der Waals surface area contributed by atoms with E-state index in [0.717, 1.165) is 15.4 Å². The summed E-state index contributed by atoms with van der Waals surface area (Å²) < 4.78 is 44.5. The molecule has 0 saturated heterocycles. The summed E-state index contributed by atoms with van der Waals surface area (Å²) >= 11 is 0. The quantitative estimate of drug-likeness (QED) is 0.314. The first-order valence-corrected chi connectivity index (χ1v) is 15.9. The number of anilines is 1. The largest absolute Gasteiger partial charge is 0.497 e. The maximum atomic E-state index is 14.3. The maximum absolute atomic E-state index is 14.3. The molecule has 43 heavy (non-hydrogen) atoms. The van der Waals surface area contributed by atoms with Gasteiger partial charge in [0.1, 0.15) is 31.5 Å². The highest BCUT2D eigenvalue weighted by molar-refractivity contribution is 7.92. The molecule has 10 nitrogen and oxygen atoms in total. The van der Waals surface area contributed by atoms with Crippen LogP contribution in [0.1, 0.15) is 31.9 Å². The van der Waals surface area contributed by atoms with Crippen LogP contribution >= 0.6 is 0 Å². The molecule has 1 atom stereocenters. The van der Waals surface area contributed by atoms with Crippen molar-refractivity contribution in [2.45, 2.75) is 45.8 Å². The highest BCUT2D eigenvalue weighted by Gasteiger charge is 2.34. The molecule has 1 aliphatic rings. The molecule has 230 valence electrons. The lowest BCUT2D eigenvalue weighted by atomic mass is 10.0. The number of sulfonamides is 1. The highest BCUT2D eigenvalue weighted by atomic mass is 32.2. The van der Waals surface area contributed by atoms with Crippen LogP contribution in [0, 0.1) is 0 Å². The maximum Gasteiger partial charge on any atom is 0.244 e. The molecule has 11 heteroatoms. The first-order chi connectivity index (χ1) is 20.6. The molecule has 3 aromatic carbocycles. The average molecular weight is 610 g/mol. The molecule has 0 bridgehead atoms. The number of nitrogens with zero attached hydrogens (tertiary/aromatic N) is 2. The van der Waals surface area contributed by atoms with Gasteiger partial charge in [-0.15, -0.1) is 0 Å². The van der Waals surface area contributed by atoms with E-state index in [1.165, 1.54) is 11.8 Å². The van der Waals surface area contributed by atoms with E-state index in [2.05, 4.69) is 5.32 Å². The summed E-state index contributed by atoms with van der Waals surface area (Å²) in [5.41, 5.74) is 1.86. The third-order valence-corrected chi connectivity index (χ3v) is 8.72. The Kier molecular flexibility index (Phi) is 10.5. The number of benzene rings is 3. The van der Waals surface area contributed by atoms with E-state index in [0.29, 0.717) is 30.5 Å². The molecule has 3 aromatic rings. The fourth-order valence-electron chi connectivity index (χ4n) is 4.81. The zero-order chi connectivity index (χ0) is 31.0. The second-order valence-electron chi connectivity index (χ2n) is 10.5. The van der Waals surface area contributed by atoms with Gasteiger partial charge in [0.2, 0.25) is 21.8 Å². The molecule has 1 aliphatic heterocycles. The normalized spacial score (nSPS) is 13.2. The zero-order valence-electron chi connectivity index (χ0n) is 25.0. The number of ether oxygens (including phenoxy) is 3. The summed E-state index contributed by atoms with van der Waals surface area (Å²) in [6.07, 6.45) is 0.236. The van der Waals surface area contributed by atoms with Crippen LogP contribution in [0.5, 0.6) is 17.2 Å². The number of fused-ring (bicyclic) bond motifs is 1. The van der Waals surface area contributed by atoms with E-state index in [1.54, 1.807) is 43.5 Å². The smallest absolute Gasteiger partial charge is 0.244 e. The minimum atomic E-state index is -3.91. The number of nitrogens with one attached hydrogen (secondary N) is 1. The van der Waals surface area contributed by atoms with Crippen LogP contribution in [-0.4, -0.2) is 69.8 Å². The Balaban J connectivity index is 1.76. The Morgan fingerprint density at radius 3 is 2.30 bits per heavy atom. The van der Waals surface area contributed by atoms with E-state index in [9.17, 15) is 18.0 Å². The van der Waals surface area contributed by atoms with Crippen molar-refractivity contribution in [2.75, 3.05) is 36.9 Å². The van der Waals surface area contributed by atoms with E-state index < -0.39 is 28.5 Å². The Labute approximate surface area is 253 Å². The molecule has 0 spiro atoms. The first kappa shape index (κ1) is 31.7. The predicted molar refractivity (Wildman–Crippen MR) is 165 cm³/mol. The Morgan fingerprint density at radius 2 is 1.63 bits per heavy atom. The fraction of sp³-hybridized carbons (Fsp3) is 0.375. The van der Waals surface area contributed by atoms with Gasteiger partial charge in [-0.25, -0.2) is 8.42 Å². The lowest BCUT2D eigenvalue weighted by Gasteiger charge is -2.34. The molecular weight excluding hydrogens is 570 g/mol. The van der Waals surface area contributed by atoms with Gasteiger partial charge in [-0.3, -0.25) is 13.9 Å². The lowest BCUT2D eigenvalue weighted by molar-refractivity contribution is -0.140. The van der Waals surface area contributed by atoms with Crippen molar-refractivity contribution in [3.05, 3.63) is 83.9 Å². The first-order valence-electron chi connectivity index (χ1n) is 14.3. The molecule has 0 aromatic heterocycles. The highest BCUT2D eigenvalue weighted by Crippen LogP contribution is 2.35. The molecule has 1 unspecified atom stereocenters. The van der Waals surface area contributed by atoms with Gasteiger partial charge in [0.05, 0.1) is 18.6 Å².